The third-order valence-electron chi connectivity index (χ3n) is 4.78. The molecule has 0 radical (unpaired) electrons. The van der Waals surface area contributed by atoms with Gasteiger partial charge in [0.2, 0.25) is 0 Å². The molecule has 0 spiro atoms. The van der Waals surface area contributed by atoms with Gasteiger partial charge < -0.3 is 19.5 Å². The Bertz CT molecular complexity index is 1090. The lowest BCUT2D eigenvalue weighted by Crippen LogP contribution is -2.22. The maximum absolute atomic E-state index is 12.8. The highest BCUT2D eigenvalue weighted by molar-refractivity contribution is 6.00. The van der Waals surface area contributed by atoms with Gasteiger partial charge in [-0.3, -0.25) is 9.78 Å². The van der Waals surface area contributed by atoms with Gasteiger partial charge in [-0.1, -0.05) is 25.1 Å². The minimum absolute atomic E-state index is 0.406. The number of aromatic nitrogens is 1. The SMILES string of the molecule is CCc1nc2ccccc2c(C)c1C(=O)OCC(=O)Nc1cc(OC)ccc1OC. The van der Waals surface area contributed by atoms with Crippen molar-refractivity contribution in [3.05, 3.63) is 59.3 Å². The van der Waals surface area contributed by atoms with Crippen LogP contribution in [0, 0.1) is 6.92 Å². The van der Waals surface area contributed by atoms with Crippen molar-refractivity contribution < 1.29 is 23.8 Å². The summed E-state index contributed by atoms with van der Waals surface area (Å²) < 4.78 is 15.7. The van der Waals surface area contributed by atoms with Crippen LogP contribution in [-0.2, 0) is 16.0 Å². The van der Waals surface area contributed by atoms with E-state index in [4.69, 9.17) is 14.2 Å². The molecule has 1 aromatic heterocycles. The lowest BCUT2D eigenvalue weighted by Gasteiger charge is -2.14. The minimum atomic E-state index is -0.574. The van der Waals surface area contributed by atoms with E-state index in [1.165, 1.54) is 14.2 Å². The van der Waals surface area contributed by atoms with Crippen molar-refractivity contribution in [1.82, 2.24) is 4.98 Å². The van der Waals surface area contributed by atoms with Crippen molar-refractivity contribution in [3.63, 3.8) is 0 Å². The molecule has 0 atom stereocenters. The highest BCUT2D eigenvalue weighted by atomic mass is 16.5. The highest BCUT2D eigenvalue weighted by Gasteiger charge is 2.20. The summed E-state index contributed by atoms with van der Waals surface area (Å²) in [6.45, 7) is 3.35. The average Bonchev–Trinajstić information content (AvgIpc) is 2.77. The van der Waals surface area contributed by atoms with Gasteiger partial charge >= 0.3 is 5.97 Å². The Labute approximate surface area is 175 Å². The van der Waals surface area contributed by atoms with Crippen molar-refractivity contribution >= 4 is 28.5 Å². The number of esters is 1. The number of aryl methyl sites for hydroxylation is 2. The van der Waals surface area contributed by atoms with Gasteiger partial charge in [0, 0.05) is 11.5 Å². The smallest absolute Gasteiger partial charge is 0.340 e. The number of nitrogens with zero attached hydrogens (tertiary/aromatic N) is 1. The molecule has 0 saturated heterocycles. The van der Waals surface area contributed by atoms with Crippen molar-refractivity contribution in [2.45, 2.75) is 20.3 Å². The number of ether oxygens (including phenoxy) is 3. The first-order chi connectivity index (χ1) is 14.5. The zero-order valence-corrected chi connectivity index (χ0v) is 17.4. The van der Waals surface area contributed by atoms with E-state index in [0.717, 1.165) is 16.5 Å². The number of rotatable bonds is 7. The number of carbonyl (C=O) groups is 2. The molecule has 3 aromatic rings. The summed E-state index contributed by atoms with van der Waals surface area (Å²) in [5, 5.41) is 3.56. The van der Waals surface area contributed by atoms with Crippen LogP contribution in [0.2, 0.25) is 0 Å². The Hall–Kier alpha value is -3.61. The number of methoxy groups -OCH3 is 2. The summed E-state index contributed by atoms with van der Waals surface area (Å²) >= 11 is 0. The summed E-state index contributed by atoms with van der Waals surface area (Å²) in [6, 6.07) is 12.6. The molecule has 0 aliphatic heterocycles. The van der Waals surface area contributed by atoms with Crippen molar-refractivity contribution in [2.24, 2.45) is 0 Å². The maximum atomic E-state index is 12.8. The Morgan fingerprint density at radius 3 is 2.53 bits per heavy atom. The van der Waals surface area contributed by atoms with Crippen molar-refractivity contribution in [3.8, 4) is 11.5 Å². The van der Waals surface area contributed by atoms with Crippen LogP contribution >= 0.6 is 0 Å². The predicted molar refractivity (Wildman–Crippen MR) is 114 cm³/mol. The molecular weight excluding hydrogens is 384 g/mol. The Morgan fingerprint density at radius 1 is 1.07 bits per heavy atom. The van der Waals surface area contributed by atoms with Crippen LogP contribution in [0.3, 0.4) is 0 Å². The van der Waals surface area contributed by atoms with Crippen LogP contribution in [0.4, 0.5) is 5.69 Å². The van der Waals surface area contributed by atoms with Gasteiger partial charge in [-0.25, -0.2) is 4.79 Å². The minimum Gasteiger partial charge on any atom is -0.497 e. The van der Waals surface area contributed by atoms with Crippen molar-refractivity contribution in [1.29, 1.82) is 0 Å². The third-order valence-corrected chi connectivity index (χ3v) is 4.78. The van der Waals surface area contributed by atoms with Gasteiger partial charge in [-0.05, 0) is 37.1 Å². The number of para-hydroxylation sites is 1. The van der Waals surface area contributed by atoms with E-state index < -0.39 is 18.5 Å². The summed E-state index contributed by atoms with van der Waals surface area (Å²) in [7, 11) is 3.03. The van der Waals surface area contributed by atoms with E-state index in [-0.39, 0.29) is 0 Å². The average molecular weight is 408 g/mol. The molecule has 7 nitrogen and oxygen atoms in total. The second-order valence-electron chi connectivity index (χ2n) is 6.62. The predicted octanol–water partition coefficient (Wildman–Crippen LogP) is 3.92. The van der Waals surface area contributed by atoms with Gasteiger partial charge in [0.25, 0.3) is 5.91 Å². The lowest BCUT2D eigenvalue weighted by molar-refractivity contribution is -0.119. The lowest BCUT2D eigenvalue weighted by atomic mass is 10.0. The van der Waals surface area contributed by atoms with Crippen LogP contribution in [-0.4, -0.2) is 37.7 Å². The summed E-state index contributed by atoms with van der Waals surface area (Å²) in [4.78, 5) is 29.7. The third kappa shape index (κ3) is 4.35. The molecule has 0 aliphatic rings. The molecule has 7 heteroatoms. The van der Waals surface area contributed by atoms with Crippen LogP contribution in [0.25, 0.3) is 10.9 Å². The number of nitrogens with one attached hydrogen (secondary N) is 1. The fourth-order valence-corrected chi connectivity index (χ4v) is 3.27. The number of anilines is 1. The molecule has 1 amide bonds. The fourth-order valence-electron chi connectivity index (χ4n) is 3.27. The number of fused-ring (bicyclic) bond motifs is 1. The second kappa shape index (κ2) is 9.26. The van der Waals surface area contributed by atoms with Crippen LogP contribution < -0.4 is 14.8 Å². The number of amides is 1. The van der Waals surface area contributed by atoms with Gasteiger partial charge in [-0.15, -0.1) is 0 Å². The van der Waals surface area contributed by atoms with Crippen LogP contribution in [0.1, 0.15) is 28.5 Å². The molecule has 3 rings (SSSR count). The molecule has 0 aliphatic carbocycles. The van der Waals surface area contributed by atoms with Crippen molar-refractivity contribution in [2.75, 3.05) is 26.1 Å². The molecule has 30 heavy (non-hydrogen) atoms. The summed E-state index contributed by atoms with van der Waals surface area (Å²) in [5.41, 5.74) is 3.09. The van der Waals surface area contributed by atoms with Gasteiger partial charge in [0.15, 0.2) is 6.61 Å². The van der Waals surface area contributed by atoms with E-state index in [1.807, 2.05) is 38.1 Å². The van der Waals surface area contributed by atoms with E-state index in [2.05, 4.69) is 10.3 Å². The number of carbonyl (C=O) groups excluding carboxylic acids is 2. The largest absolute Gasteiger partial charge is 0.497 e. The van der Waals surface area contributed by atoms with Crippen LogP contribution in [0.15, 0.2) is 42.5 Å². The van der Waals surface area contributed by atoms with E-state index in [0.29, 0.717) is 34.9 Å². The normalized spacial score (nSPS) is 10.5. The van der Waals surface area contributed by atoms with E-state index in [9.17, 15) is 9.59 Å². The highest BCUT2D eigenvalue weighted by Crippen LogP contribution is 2.29. The molecule has 0 unspecified atom stereocenters. The first kappa shape index (κ1) is 21.1. The summed E-state index contributed by atoms with van der Waals surface area (Å²) in [6.07, 6.45) is 0.573. The molecule has 0 saturated carbocycles. The molecule has 156 valence electrons. The Morgan fingerprint density at radius 2 is 1.83 bits per heavy atom. The van der Waals surface area contributed by atoms with Gasteiger partial charge in [0.05, 0.1) is 36.7 Å². The standard InChI is InChI=1S/C23H24N2O5/c1-5-17-22(14(2)16-8-6-7-9-18(16)24-17)23(27)30-13-21(26)25-19-12-15(28-3)10-11-20(19)29-4/h6-12H,5,13H2,1-4H3,(H,25,26). The summed E-state index contributed by atoms with van der Waals surface area (Å²) in [5.74, 6) is -0.0263. The Kier molecular flexibility index (Phi) is 6.51. The zero-order valence-electron chi connectivity index (χ0n) is 17.4. The Balaban J connectivity index is 1.76. The van der Waals surface area contributed by atoms with Gasteiger partial charge in [0.1, 0.15) is 11.5 Å². The molecule has 1 N–H and O–H groups in total. The molecule has 0 bridgehead atoms. The maximum Gasteiger partial charge on any atom is 0.340 e. The van der Waals surface area contributed by atoms with Crippen LogP contribution in [0.5, 0.6) is 11.5 Å². The molecular formula is C23H24N2O5. The van der Waals surface area contributed by atoms with E-state index >= 15 is 0 Å². The number of hydrogen-bond acceptors (Lipinski definition) is 6. The molecule has 1 heterocycles. The number of hydrogen-bond donors (Lipinski definition) is 1. The zero-order chi connectivity index (χ0) is 21.7. The first-order valence-corrected chi connectivity index (χ1v) is 9.55. The topological polar surface area (TPSA) is 86.8 Å². The number of pyridine rings is 1. The quantitative estimate of drug-likeness (QED) is 0.597. The molecule has 2 aromatic carbocycles. The first-order valence-electron chi connectivity index (χ1n) is 9.55. The number of benzene rings is 2. The van der Waals surface area contributed by atoms with E-state index in [1.54, 1.807) is 18.2 Å². The fraction of sp³-hybridized carbons (Fsp3) is 0.261. The van der Waals surface area contributed by atoms with Gasteiger partial charge in [-0.2, -0.15) is 0 Å². The monoisotopic (exact) mass is 408 g/mol. The second-order valence-corrected chi connectivity index (χ2v) is 6.62. The molecule has 0 fully saturated rings.